The molecule has 2 rings (SSSR count). The Kier molecular flexibility index (Phi) is 5.31. The Labute approximate surface area is 135 Å². The van der Waals surface area contributed by atoms with Crippen LogP contribution in [0.3, 0.4) is 0 Å². The average molecular weight is 405 g/mol. The maximum Gasteiger partial charge on any atom is 0.124 e. The molecule has 0 aromatic heterocycles. The first-order valence-electron chi connectivity index (χ1n) is 5.93. The lowest BCUT2D eigenvalue weighted by atomic mass is 10.0. The van der Waals surface area contributed by atoms with Crippen molar-refractivity contribution in [1.29, 1.82) is 0 Å². The third kappa shape index (κ3) is 3.74. The standard InChI is InChI=1S/C15H13Br2ClO/c1-2-19-14-8-5-11(16)9-13(14)15(17)10-3-6-12(18)7-4-10/h3-9,15H,2H2,1H3. The molecule has 0 amide bonds. The molecule has 2 aromatic carbocycles. The van der Waals surface area contributed by atoms with Crippen LogP contribution < -0.4 is 4.74 Å². The van der Waals surface area contributed by atoms with Gasteiger partial charge in [0, 0.05) is 15.1 Å². The molecule has 0 fully saturated rings. The van der Waals surface area contributed by atoms with Gasteiger partial charge >= 0.3 is 0 Å². The minimum atomic E-state index is 0.0730. The van der Waals surface area contributed by atoms with Gasteiger partial charge in [0.25, 0.3) is 0 Å². The van der Waals surface area contributed by atoms with Crippen LogP contribution in [0.5, 0.6) is 5.75 Å². The highest BCUT2D eigenvalue weighted by molar-refractivity contribution is 9.10. The Balaban J connectivity index is 2.39. The number of benzene rings is 2. The first-order valence-corrected chi connectivity index (χ1v) is 8.02. The molecule has 0 saturated carbocycles. The molecule has 0 N–H and O–H groups in total. The summed E-state index contributed by atoms with van der Waals surface area (Å²) < 4.78 is 6.71. The Morgan fingerprint density at radius 3 is 2.47 bits per heavy atom. The minimum absolute atomic E-state index is 0.0730. The molecule has 100 valence electrons. The fraction of sp³-hybridized carbons (Fsp3) is 0.200. The van der Waals surface area contributed by atoms with Crippen molar-refractivity contribution in [3.05, 3.63) is 63.1 Å². The van der Waals surface area contributed by atoms with Gasteiger partial charge in [0.2, 0.25) is 0 Å². The lowest BCUT2D eigenvalue weighted by molar-refractivity contribution is 0.337. The van der Waals surface area contributed by atoms with Gasteiger partial charge in [0.1, 0.15) is 5.75 Å². The van der Waals surface area contributed by atoms with Gasteiger partial charge in [-0.2, -0.15) is 0 Å². The molecule has 0 saturated heterocycles. The molecule has 4 heteroatoms. The van der Waals surface area contributed by atoms with Crippen LogP contribution in [-0.2, 0) is 0 Å². The van der Waals surface area contributed by atoms with Crippen LogP contribution in [0, 0.1) is 0 Å². The first-order chi connectivity index (χ1) is 9.11. The number of ether oxygens (including phenoxy) is 1. The molecule has 0 aliphatic rings. The van der Waals surface area contributed by atoms with E-state index in [4.69, 9.17) is 16.3 Å². The van der Waals surface area contributed by atoms with Gasteiger partial charge in [-0.1, -0.05) is 55.6 Å². The number of rotatable bonds is 4. The molecular formula is C15H13Br2ClO. The molecule has 0 aliphatic carbocycles. The van der Waals surface area contributed by atoms with E-state index in [1.807, 2.05) is 43.3 Å². The van der Waals surface area contributed by atoms with E-state index >= 15 is 0 Å². The second-order valence-electron chi connectivity index (χ2n) is 4.03. The van der Waals surface area contributed by atoms with Crippen LogP contribution in [0.4, 0.5) is 0 Å². The van der Waals surface area contributed by atoms with Crippen molar-refractivity contribution in [2.24, 2.45) is 0 Å². The van der Waals surface area contributed by atoms with Crippen molar-refractivity contribution in [3.63, 3.8) is 0 Å². The zero-order valence-corrected chi connectivity index (χ0v) is 14.3. The van der Waals surface area contributed by atoms with Gasteiger partial charge < -0.3 is 4.74 Å². The highest BCUT2D eigenvalue weighted by Crippen LogP contribution is 2.38. The smallest absolute Gasteiger partial charge is 0.124 e. The van der Waals surface area contributed by atoms with E-state index in [9.17, 15) is 0 Å². The van der Waals surface area contributed by atoms with Gasteiger partial charge in [0.05, 0.1) is 11.4 Å². The summed E-state index contributed by atoms with van der Waals surface area (Å²) in [5, 5.41) is 0.739. The number of halogens is 3. The van der Waals surface area contributed by atoms with Gasteiger partial charge in [0.15, 0.2) is 0 Å². The van der Waals surface area contributed by atoms with Gasteiger partial charge in [-0.15, -0.1) is 0 Å². The molecule has 0 bridgehead atoms. The van der Waals surface area contributed by atoms with Crippen molar-refractivity contribution in [3.8, 4) is 5.75 Å². The first kappa shape index (κ1) is 14.9. The third-order valence-corrected chi connectivity index (χ3v) is 4.47. The van der Waals surface area contributed by atoms with Crippen molar-refractivity contribution in [2.45, 2.75) is 11.8 Å². The van der Waals surface area contributed by atoms with E-state index in [1.54, 1.807) is 0 Å². The molecule has 1 atom stereocenters. The monoisotopic (exact) mass is 402 g/mol. The maximum absolute atomic E-state index is 5.92. The predicted molar refractivity (Wildman–Crippen MR) is 87.5 cm³/mol. The molecule has 19 heavy (non-hydrogen) atoms. The summed E-state index contributed by atoms with van der Waals surface area (Å²) in [7, 11) is 0. The van der Waals surface area contributed by atoms with Gasteiger partial charge in [-0.3, -0.25) is 0 Å². The highest BCUT2D eigenvalue weighted by Gasteiger charge is 2.16. The summed E-state index contributed by atoms with van der Waals surface area (Å²) in [5.74, 6) is 0.891. The Morgan fingerprint density at radius 1 is 1.16 bits per heavy atom. The number of alkyl halides is 1. The topological polar surface area (TPSA) is 9.23 Å². The lowest BCUT2D eigenvalue weighted by Gasteiger charge is -2.16. The highest BCUT2D eigenvalue weighted by atomic mass is 79.9. The van der Waals surface area contributed by atoms with Gasteiger partial charge in [-0.25, -0.2) is 0 Å². The van der Waals surface area contributed by atoms with E-state index in [-0.39, 0.29) is 4.83 Å². The van der Waals surface area contributed by atoms with E-state index < -0.39 is 0 Å². The van der Waals surface area contributed by atoms with Crippen LogP contribution in [0.25, 0.3) is 0 Å². The zero-order chi connectivity index (χ0) is 13.8. The molecule has 0 radical (unpaired) electrons. The fourth-order valence-corrected chi connectivity index (χ4v) is 2.98. The molecule has 2 aromatic rings. The Bertz CT molecular complexity index is 555. The summed E-state index contributed by atoms with van der Waals surface area (Å²) >= 11 is 13.2. The SMILES string of the molecule is CCOc1ccc(Br)cc1C(Br)c1ccc(Cl)cc1. The van der Waals surface area contributed by atoms with Crippen LogP contribution in [0.15, 0.2) is 46.9 Å². The van der Waals surface area contributed by atoms with Gasteiger partial charge in [-0.05, 0) is 42.8 Å². The summed E-state index contributed by atoms with van der Waals surface area (Å²) in [6.45, 7) is 2.63. The summed E-state index contributed by atoms with van der Waals surface area (Å²) in [6, 6.07) is 13.8. The van der Waals surface area contributed by atoms with Crippen molar-refractivity contribution in [2.75, 3.05) is 6.61 Å². The van der Waals surface area contributed by atoms with Crippen molar-refractivity contribution in [1.82, 2.24) is 0 Å². The molecule has 0 heterocycles. The third-order valence-electron chi connectivity index (χ3n) is 2.71. The van der Waals surface area contributed by atoms with Crippen LogP contribution >= 0.6 is 43.5 Å². The average Bonchev–Trinajstić information content (AvgIpc) is 2.41. The summed E-state index contributed by atoms with van der Waals surface area (Å²) in [6.07, 6.45) is 0. The number of hydrogen-bond acceptors (Lipinski definition) is 1. The number of hydrogen-bond donors (Lipinski definition) is 0. The van der Waals surface area contributed by atoms with Crippen LogP contribution in [-0.4, -0.2) is 6.61 Å². The van der Waals surface area contributed by atoms with E-state index in [1.165, 1.54) is 0 Å². The predicted octanol–water partition coefficient (Wildman–Crippen LogP) is 5.99. The normalized spacial score (nSPS) is 12.2. The molecule has 0 spiro atoms. The van der Waals surface area contributed by atoms with E-state index in [2.05, 4.69) is 37.9 Å². The van der Waals surface area contributed by atoms with E-state index in [0.717, 1.165) is 26.4 Å². The Hall–Kier alpha value is -0.510. The largest absolute Gasteiger partial charge is 0.494 e. The Morgan fingerprint density at radius 2 is 1.84 bits per heavy atom. The van der Waals surface area contributed by atoms with E-state index in [0.29, 0.717) is 6.61 Å². The van der Waals surface area contributed by atoms with Crippen LogP contribution in [0.2, 0.25) is 5.02 Å². The lowest BCUT2D eigenvalue weighted by Crippen LogP contribution is -2.00. The molecule has 1 nitrogen and oxygen atoms in total. The maximum atomic E-state index is 5.92. The fourth-order valence-electron chi connectivity index (χ4n) is 1.82. The second kappa shape index (κ2) is 6.78. The molecule has 1 unspecified atom stereocenters. The molecule has 0 aliphatic heterocycles. The van der Waals surface area contributed by atoms with Crippen molar-refractivity contribution < 1.29 is 4.74 Å². The quantitative estimate of drug-likeness (QED) is 0.569. The van der Waals surface area contributed by atoms with Crippen molar-refractivity contribution >= 4 is 43.5 Å². The molecular weight excluding hydrogens is 391 g/mol. The minimum Gasteiger partial charge on any atom is -0.494 e. The zero-order valence-electron chi connectivity index (χ0n) is 10.4. The summed E-state index contributed by atoms with van der Waals surface area (Å²) in [4.78, 5) is 0.0730. The summed E-state index contributed by atoms with van der Waals surface area (Å²) in [5.41, 5.74) is 2.24. The van der Waals surface area contributed by atoms with Crippen LogP contribution in [0.1, 0.15) is 22.9 Å². The second-order valence-corrected chi connectivity index (χ2v) is 6.30.